The monoisotopic (exact) mass is 179 g/mol. The van der Waals surface area contributed by atoms with Gasteiger partial charge in [0.1, 0.15) is 5.82 Å². The number of hydrogen-bond acceptors (Lipinski definition) is 3. The minimum atomic E-state index is 0.644. The fraction of sp³-hybridized carbons (Fsp3) is 0.500. The molecule has 0 bridgehead atoms. The highest BCUT2D eigenvalue weighted by Gasteiger charge is 2.02. The molecule has 0 spiro atoms. The van der Waals surface area contributed by atoms with Crippen LogP contribution in [0.2, 0.25) is 0 Å². The van der Waals surface area contributed by atoms with Gasteiger partial charge in [0.05, 0.1) is 0 Å². The first-order valence-electron chi connectivity index (χ1n) is 4.62. The Bertz CT molecular complexity index is 260. The second-order valence-corrected chi connectivity index (χ2v) is 3.29. The SMILES string of the molecule is CCCN(C)Cc1cccnc1N. The van der Waals surface area contributed by atoms with Crippen LogP contribution in [0.1, 0.15) is 18.9 Å². The Kier molecular flexibility index (Phi) is 3.71. The van der Waals surface area contributed by atoms with Gasteiger partial charge < -0.3 is 10.6 Å². The third-order valence-electron chi connectivity index (χ3n) is 1.97. The first-order valence-corrected chi connectivity index (χ1v) is 4.62. The molecule has 0 aliphatic heterocycles. The normalized spacial score (nSPS) is 10.7. The third kappa shape index (κ3) is 3.03. The van der Waals surface area contributed by atoms with Gasteiger partial charge in [-0.05, 0) is 26.1 Å². The van der Waals surface area contributed by atoms with Crippen LogP contribution in [0.5, 0.6) is 0 Å². The summed E-state index contributed by atoms with van der Waals surface area (Å²) < 4.78 is 0. The highest BCUT2D eigenvalue weighted by Crippen LogP contribution is 2.09. The molecule has 0 aromatic carbocycles. The second kappa shape index (κ2) is 4.82. The summed E-state index contributed by atoms with van der Waals surface area (Å²) in [7, 11) is 2.09. The number of nitrogen functional groups attached to an aromatic ring is 1. The van der Waals surface area contributed by atoms with Crippen molar-refractivity contribution in [3.05, 3.63) is 23.9 Å². The van der Waals surface area contributed by atoms with Gasteiger partial charge in [-0.3, -0.25) is 0 Å². The van der Waals surface area contributed by atoms with E-state index in [-0.39, 0.29) is 0 Å². The fourth-order valence-electron chi connectivity index (χ4n) is 1.34. The minimum absolute atomic E-state index is 0.644. The molecule has 13 heavy (non-hydrogen) atoms. The van der Waals surface area contributed by atoms with E-state index in [4.69, 9.17) is 5.73 Å². The number of anilines is 1. The largest absolute Gasteiger partial charge is 0.383 e. The van der Waals surface area contributed by atoms with E-state index < -0.39 is 0 Å². The molecule has 1 rings (SSSR count). The Hall–Kier alpha value is -1.09. The Labute approximate surface area is 79.6 Å². The highest BCUT2D eigenvalue weighted by atomic mass is 15.1. The summed E-state index contributed by atoms with van der Waals surface area (Å²) in [5.41, 5.74) is 6.84. The molecule has 1 heterocycles. The van der Waals surface area contributed by atoms with Crippen molar-refractivity contribution in [3.63, 3.8) is 0 Å². The summed E-state index contributed by atoms with van der Waals surface area (Å²) >= 11 is 0. The van der Waals surface area contributed by atoms with Gasteiger partial charge in [-0.25, -0.2) is 4.98 Å². The molecule has 0 aliphatic rings. The first-order chi connectivity index (χ1) is 6.24. The Morgan fingerprint density at radius 2 is 2.31 bits per heavy atom. The van der Waals surface area contributed by atoms with Crippen LogP contribution in [-0.4, -0.2) is 23.5 Å². The lowest BCUT2D eigenvalue weighted by molar-refractivity contribution is 0.328. The summed E-state index contributed by atoms with van der Waals surface area (Å²) in [4.78, 5) is 6.29. The maximum absolute atomic E-state index is 5.73. The molecular formula is C10H17N3. The standard InChI is InChI=1S/C10H17N3/c1-3-7-13(2)8-9-5-4-6-12-10(9)11/h4-6H,3,7-8H2,1-2H3,(H2,11,12). The molecule has 0 saturated heterocycles. The fourth-order valence-corrected chi connectivity index (χ4v) is 1.34. The smallest absolute Gasteiger partial charge is 0.127 e. The van der Waals surface area contributed by atoms with Gasteiger partial charge in [-0.1, -0.05) is 13.0 Å². The zero-order valence-electron chi connectivity index (χ0n) is 8.33. The average molecular weight is 179 g/mol. The molecule has 0 amide bonds. The van der Waals surface area contributed by atoms with Crippen LogP contribution < -0.4 is 5.73 Å². The van der Waals surface area contributed by atoms with Crippen LogP contribution in [-0.2, 0) is 6.54 Å². The van der Waals surface area contributed by atoms with Crippen LogP contribution in [0.15, 0.2) is 18.3 Å². The Morgan fingerprint density at radius 3 is 2.92 bits per heavy atom. The summed E-state index contributed by atoms with van der Waals surface area (Å²) in [6.07, 6.45) is 2.88. The molecule has 0 fully saturated rings. The number of pyridine rings is 1. The lowest BCUT2D eigenvalue weighted by atomic mass is 10.2. The Balaban J connectivity index is 2.58. The van der Waals surface area contributed by atoms with Gasteiger partial charge in [0, 0.05) is 18.3 Å². The van der Waals surface area contributed by atoms with Crippen molar-refractivity contribution in [2.75, 3.05) is 19.3 Å². The molecule has 2 N–H and O–H groups in total. The molecule has 0 saturated carbocycles. The molecule has 3 heteroatoms. The Morgan fingerprint density at radius 1 is 1.54 bits per heavy atom. The predicted octanol–water partition coefficient (Wildman–Crippen LogP) is 1.51. The lowest BCUT2D eigenvalue weighted by Gasteiger charge is -2.15. The summed E-state index contributed by atoms with van der Waals surface area (Å²) in [6.45, 7) is 4.14. The van der Waals surface area contributed by atoms with Gasteiger partial charge in [0.2, 0.25) is 0 Å². The van der Waals surface area contributed by atoms with Gasteiger partial charge >= 0.3 is 0 Å². The van der Waals surface area contributed by atoms with Gasteiger partial charge in [0.25, 0.3) is 0 Å². The number of aromatic nitrogens is 1. The summed E-state index contributed by atoms with van der Waals surface area (Å²) in [5, 5.41) is 0. The van der Waals surface area contributed by atoms with Gasteiger partial charge in [-0.15, -0.1) is 0 Å². The van der Waals surface area contributed by atoms with Crippen molar-refractivity contribution in [2.45, 2.75) is 19.9 Å². The molecule has 0 aliphatic carbocycles. The average Bonchev–Trinajstić information content (AvgIpc) is 2.09. The molecule has 1 aromatic heterocycles. The van der Waals surface area contributed by atoms with E-state index >= 15 is 0 Å². The lowest BCUT2D eigenvalue weighted by Crippen LogP contribution is -2.19. The van der Waals surface area contributed by atoms with E-state index in [9.17, 15) is 0 Å². The molecule has 1 aromatic rings. The van der Waals surface area contributed by atoms with Crippen LogP contribution in [0, 0.1) is 0 Å². The quantitative estimate of drug-likeness (QED) is 0.761. The van der Waals surface area contributed by atoms with Crippen molar-refractivity contribution in [1.82, 2.24) is 9.88 Å². The third-order valence-corrected chi connectivity index (χ3v) is 1.97. The predicted molar refractivity (Wildman–Crippen MR) is 55.3 cm³/mol. The number of nitrogens with two attached hydrogens (primary N) is 1. The molecule has 3 nitrogen and oxygen atoms in total. The maximum Gasteiger partial charge on any atom is 0.127 e. The van der Waals surface area contributed by atoms with Crippen molar-refractivity contribution < 1.29 is 0 Å². The maximum atomic E-state index is 5.73. The second-order valence-electron chi connectivity index (χ2n) is 3.29. The van der Waals surface area contributed by atoms with E-state index in [2.05, 4.69) is 23.9 Å². The first kappa shape index (κ1) is 9.99. The van der Waals surface area contributed by atoms with Gasteiger partial charge in [0.15, 0.2) is 0 Å². The number of hydrogen-bond donors (Lipinski definition) is 1. The van der Waals surface area contributed by atoms with Gasteiger partial charge in [-0.2, -0.15) is 0 Å². The number of rotatable bonds is 4. The van der Waals surface area contributed by atoms with E-state index in [0.29, 0.717) is 5.82 Å². The summed E-state index contributed by atoms with van der Waals surface area (Å²) in [5.74, 6) is 0.644. The van der Waals surface area contributed by atoms with Crippen molar-refractivity contribution in [1.29, 1.82) is 0 Å². The van der Waals surface area contributed by atoms with Crippen LogP contribution in [0.4, 0.5) is 5.82 Å². The van der Waals surface area contributed by atoms with Crippen molar-refractivity contribution in [2.24, 2.45) is 0 Å². The number of nitrogens with zero attached hydrogens (tertiary/aromatic N) is 2. The van der Waals surface area contributed by atoms with Crippen LogP contribution >= 0.6 is 0 Å². The molecule has 0 radical (unpaired) electrons. The van der Waals surface area contributed by atoms with E-state index in [0.717, 1.165) is 25.1 Å². The van der Waals surface area contributed by atoms with E-state index in [1.807, 2.05) is 12.1 Å². The highest BCUT2D eigenvalue weighted by molar-refractivity contribution is 5.38. The topological polar surface area (TPSA) is 42.2 Å². The van der Waals surface area contributed by atoms with E-state index in [1.54, 1.807) is 6.20 Å². The minimum Gasteiger partial charge on any atom is -0.383 e. The summed E-state index contributed by atoms with van der Waals surface area (Å²) in [6, 6.07) is 3.94. The van der Waals surface area contributed by atoms with Crippen molar-refractivity contribution in [3.8, 4) is 0 Å². The van der Waals surface area contributed by atoms with E-state index in [1.165, 1.54) is 0 Å². The van der Waals surface area contributed by atoms with Crippen molar-refractivity contribution >= 4 is 5.82 Å². The van der Waals surface area contributed by atoms with Crippen LogP contribution in [0.3, 0.4) is 0 Å². The molecule has 0 atom stereocenters. The van der Waals surface area contributed by atoms with Crippen LogP contribution in [0.25, 0.3) is 0 Å². The zero-order chi connectivity index (χ0) is 9.68. The zero-order valence-corrected chi connectivity index (χ0v) is 8.33. The molecule has 0 unspecified atom stereocenters. The molecular weight excluding hydrogens is 162 g/mol. The molecule has 72 valence electrons.